The van der Waals surface area contributed by atoms with Crippen LogP contribution in [-0.4, -0.2) is 5.78 Å². The monoisotopic (exact) mass is 206 g/mol. The molecular formula is C14H22O. The van der Waals surface area contributed by atoms with E-state index in [0.29, 0.717) is 5.78 Å². The number of hydrogen-bond donors (Lipinski definition) is 0. The van der Waals surface area contributed by atoms with Crippen LogP contribution in [0.5, 0.6) is 0 Å². The predicted octanol–water partition coefficient (Wildman–Crippen LogP) is 4.03. The van der Waals surface area contributed by atoms with Crippen LogP contribution >= 0.6 is 0 Å². The Labute approximate surface area is 92.9 Å². The summed E-state index contributed by atoms with van der Waals surface area (Å²) in [5.41, 5.74) is 0.272. The molecule has 1 heteroatoms. The van der Waals surface area contributed by atoms with E-state index in [1.54, 1.807) is 0 Å². The number of ketones is 1. The van der Waals surface area contributed by atoms with Gasteiger partial charge in [-0.2, -0.15) is 0 Å². The molecule has 2 aliphatic carbocycles. The number of carbonyl (C=O) groups is 1. The maximum atomic E-state index is 11.4. The first-order valence-electron chi connectivity index (χ1n) is 6.53. The van der Waals surface area contributed by atoms with Gasteiger partial charge < -0.3 is 0 Å². The van der Waals surface area contributed by atoms with Gasteiger partial charge in [-0.15, -0.1) is 0 Å². The topological polar surface area (TPSA) is 17.1 Å². The van der Waals surface area contributed by atoms with Crippen LogP contribution in [0.15, 0.2) is 12.2 Å². The second-order valence-electron chi connectivity index (χ2n) is 5.31. The van der Waals surface area contributed by atoms with E-state index in [0.717, 1.165) is 6.42 Å². The summed E-state index contributed by atoms with van der Waals surface area (Å²) in [5, 5.41) is 0. The fourth-order valence-electron chi connectivity index (χ4n) is 3.04. The summed E-state index contributed by atoms with van der Waals surface area (Å²) in [4.78, 5) is 11.4. The molecule has 0 aromatic carbocycles. The first-order chi connectivity index (χ1) is 7.31. The molecule has 0 N–H and O–H groups in total. The zero-order chi connectivity index (χ0) is 10.6. The zero-order valence-electron chi connectivity index (χ0n) is 9.63. The van der Waals surface area contributed by atoms with Crippen molar-refractivity contribution in [2.75, 3.05) is 0 Å². The largest absolute Gasteiger partial charge is 0.295 e. The lowest BCUT2D eigenvalue weighted by atomic mass is 9.77. The molecule has 0 heterocycles. The molecule has 1 spiro atoms. The van der Waals surface area contributed by atoms with Crippen molar-refractivity contribution >= 4 is 5.78 Å². The van der Waals surface area contributed by atoms with Crippen molar-refractivity contribution in [2.24, 2.45) is 5.41 Å². The molecule has 0 radical (unpaired) electrons. The molecule has 0 bridgehead atoms. The molecule has 0 amide bonds. The Balaban J connectivity index is 1.95. The summed E-state index contributed by atoms with van der Waals surface area (Å²) >= 11 is 0. The minimum atomic E-state index is 0.272. The molecule has 1 fully saturated rings. The maximum absolute atomic E-state index is 11.4. The summed E-state index contributed by atoms with van der Waals surface area (Å²) in [6, 6.07) is 0. The summed E-state index contributed by atoms with van der Waals surface area (Å²) < 4.78 is 0. The van der Waals surface area contributed by atoms with E-state index in [1.807, 2.05) is 6.08 Å². The van der Waals surface area contributed by atoms with Crippen molar-refractivity contribution in [3.63, 3.8) is 0 Å². The fourth-order valence-corrected chi connectivity index (χ4v) is 3.04. The molecule has 0 aliphatic heterocycles. The van der Waals surface area contributed by atoms with Crippen molar-refractivity contribution in [3.8, 4) is 0 Å². The fraction of sp³-hybridized carbons (Fsp3) is 0.786. The highest BCUT2D eigenvalue weighted by molar-refractivity contribution is 5.93. The first-order valence-corrected chi connectivity index (χ1v) is 6.53. The van der Waals surface area contributed by atoms with Crippen LogP contribution in [0.2, 0.25) is 0 Å². The lowest BCUT2D eigenvalue weighted by molar-refractivity contribution is -0.115. The summed E-state index contributed by atoms with van der Waals surface area (Å²) in [7, 11) is 0. The van der Waals surface area contributed by atoms with Crippen molar-refractivity contribution in [1.29, 1.82) is 0 Å². The Kier molecular flexibility index (Phi) is 3.61. The third-order valence-corrected chi connectivity index (χ3v) is 4.00. The second kappa shape index (κ2) is 4.96. The van der Waals surface area contributed by atoms with Gasteiger partial charge in [-0.05, 0) is 24.3 Å². The molecule has 0 aromatic rings. The first kappa shape index (κ1) is 10.9. The highest BCUT2D eigenvalue weighted by Crippen LogP contribution is 2.41. The molecule has 15 heavy (non-hydrogen) atoms. The Morgan fingerprint density at radius 1 is 0.867 bits per heavy atom. The number of allylic oxidation sites excluding steroid dienone is 2. The van der Waals surface area contributed by atoms with Gasteiger partial charge in [0.1, 0.15) is 0 Å². The van der Waals surface area contributed by atoms with Crippen LogP contribution in [0.3, 0.4) is 0 Å². The highest BCUT2D eigenvalue weighted by Gasteiger charge is 2.32. The Hall–Kier alpha value is -0.590. The molecule has 0 atom stereocenters. The second-order valence-corrected chi connectivity index (χ2v) is 5.31. The molecule has 84 valence electrons. The van der Waals surface area contributed by atoms with Crippen LogP contribution in [-0.2, 0) is 4.79 Å². The minimum Gasteiger partial charge on any atom is -0.295 e. The summed E-state index contributed by atoms with van der Waals surface area (Å²) in [5.74, 6) is 0.354. The SMILES string of the molecule is O=C1C=CC2(CCCCCCCCC2)C1. The van der Waals surface area contributed by atoms with Crippen molar-refractivity contribution in [2.45, 2.75) is 64.2 Å². The van der Waals surface area contributed by atoms with E-state index in [4.69, 9.17) is 0 Å². The Morgan fingerprint density at radius 2 is 1.40 bits per heavy atom. The van der Waals surface area contributed by atoms with Crippen LogP contribution in [0, 0.1) is 5.41 Å². The van der Waals surface area contributed by atoms with Gasteiger partial charge in [0.2, 0.25) is 0 Å². The van der Waals surface area contributed by atoms with Gasteiger partial charge in [0.25, 0.3) is 0 Å². The van der Waals surface area contributed by atoms with E-state index in [9.17, 15) is 4.79 Å². The molecule has 2 aliphatic rings. The zero-order valence-corrected chi connectivity index (χ0v) is 9.63. The van der Waals surface area contributed by atoms with Crippen molar-refractivity contribution in [1.82, 2.24) is 0 Å². The molecule has 0 unspecified atom stereocenters. The molecule has 1 nitrogen and oxygen atoms in total. The van der Waals surface area contributed by atoms with E-state index in [2.05, 4.69) is 6.08 Å². The lowest BCUT2D eigenvalue weighted by Crippen LogP contribution is -2.17. The number of hydrogen-bond acceptors (Lipinski definition) is 1. The summed E-state index contributed by atoms with van der Waals surface area (Å²) in [6.07, 6.45) is 16.9. The van der Waals surface area contributed by atoms with Crippen molar-refractivity contribution in [3.05, 3.63) is 12.2 Å². The average molecular weight is 206 g/mol. The van der Waals surface area contributed by atoms with Gasteiger partial charge in [-0.25, -0.2) is 0 Å². The number of carbonyl (C=O) groups excluding carboxylic acids is 1. The standard InChI is InChI=1S/C14H22O/c15-13-8-11-14(12-13)9-6-4-2-1-3-5-7-10-14/h8,11H,1-7,9-10,12H2. The van der Waals surface area contributed by atoms with Gasteiger partial charge in [-0.3, -0.25) is 4.79 Å². The molecule has 2 rings (SSSR count). The molecular weight excluding hydrogens is 184 g/mol. The summed E-state index contributed by atoms with van der Waals surface area (Å²) in [6.45, 7) is 0. The molecule has 0 aromatic heterocycles. The van der Waals surface area contributed by atoms with E-state index in [-0.39, 0.29) is 5.41 Å². The van der Waals surface area contributed by atoms with Crippen molar-refractivity contribution < 1.29 is 4.79 Å². The van der Waals surface area contributed by atoms with Gasteiger partial charge in [0.15, 0.2) is 5.78 Å². The van der Waals surface area contributed by atoms with Gasteiger partial charge in [0, 0.05) is 6.42 Å². The van der Waals surface area contributed by atoms with Crippen LogP contribution in [0.25, 0.3) is 0 Å². The van der Waals surface area contributed by atoms with Crippen LogP contribution < -0.4 is 0 Å². The predicted molar refractivity (Wildman–Crippen MR) is 62.8 cm³/mol. The maximum Gasteiger partial charge on any atom is 0.156 e. The Bertz CT molecular complexity index is 242. The van der Waals surface area contributed by atoms with E-state index < -0.39 is 0 Å². The van der Waals surface area contributed by atoms with E-state index in [1.165, 1.54) is 57.8 Å². The minimum absolute atomic E-state index is 0.272. The smallest absolute Gasteiger partial charge is 0.156 e. The van der Waals surface area contributed by atoms with Gasteiger partial charge in [0.05, 0.1) is 0 Å². The molecule has 1 saturated carbocycles. The third kappa shape index (κ3) is 2.93. The third-order valence-electron chi connectivity index (χ3n) is 4.00. The quantitative estimate of drug-likeness (QED) is 0.585. The van der Waals surface area contributed by atoms with Gasteiger partial charge >= 0.3 is 0 Å². The highest BCUT2D eigenvalue weighted by atomic mass is 16.1. The lowest BCUT2D eigenvalue weighted by Gasteiger charge is -2.27. The van der Waals surface area contributed by atoms with Crippen LogP contribution in [0.4, 0.5) is 0 Å². The Morgan fingerprint density at radius 3 is 1.87 bits per heavy atom. The van der Waals surface area contributed by atoms with Gasteiger partial charge in [-0.1, -0.05) is 51.0 Å². The normalized spacial score (nSPS) is 27.1. The van der Waals surface area contributed by atoms with Crippen LogP contribution in [0.1, 0.15) is 64.2 Å². The number of rotatable bonds is 0. The van der Waals surface area contributed by atoms with E-state index >= 15 is 0 Å². The molecule has 0 saturated heterocycles. The average Bonchev–Trinajstić information content (AvgIpc) is 2.59.